The number of nitrogens with zero attached hydrogens (tertiary/aromatic N) is 1. The molecule has 0 unspecified atom stereocenters. The minimum absolute atomic E-state index is 0.903. The molecule has 17 heavy (non-hydrogen) atoms. The molecule has 0 N–H and O–H groups in total. The van der Waals surface area contributed by atoms with Crippen LogP contribution in [-0.2, 0) is 5.33 Å². The average molecular weight is 306 g/mol. The number of alkyl halides is 1. The lowest BCUT2D eigenvalue weighted by Crippen LogP contribution is -2.14. The van der Waals surface area contributed by atoms with Gasteiger partial charge in [0.1, 0.15) is 0 Å². The second-order valence-corrected chi connectivity index (χ2v) is 5.71. The number of anilines is 2. The van der Waals surface area contributed by atoms with Gasteiger partial charge < -0.3 is 4.90 Å². The molecule has 2 aromatic rings. The Morgan fingerprint density at radius 3 is 2.65 bits per heavy atom. The second-order valence-electron chi connectivity index (χ2n) is 4.06. The van der Waals surface area contributed by atoms with Gasteiger partial charge in [0, 0.05) is 22.2 Å². The molecular formula is C14H12BrNS. The van der Waals surface area contributed by atoms with Crippen molar-refractivity contribution in [3.05, 3.63) is 48.0 Å². The van der Waals surface area contributed by atoms with Crippen LogP contribution in [0.2, 0.25) is 0 Å². The third-order valence-corrected chi connectivity index (χ3v) is 4.76. The molecule has 0 aromatic heterocycles. The predicted molar refractivity (Wildman–Crippen MR) is 77.7 cm³/mol. The lowest BCUT2D eigenvalue weighted by molar-refractivity contribution is 1.10. The van der Waals surface area contributed by atoms with Crippen LogP contribution in [0.25, 0.3) is 0 Å². The van der Waals surface area contributed by atoms with E-state index in [-0.39, 0.29) is 0 Å². The van der Waals surface area contributed by atoms with E-state index in [2.05, 4.69) is 70.3 Å². The molecule has 0 fully saturated rings. The van der Waals surface area contributed by atoms with Crippen molar-refractivity contribution in [2.75, 3.05) is 11.9 Å². The highest BCUT2D eigenvalue weighted by atomic mass is 79.9. The van der Waals surface area contributed by atoms with Crippen LogP contribution in [0, 0.1) is 0 Å². The van der Waals surface area contributed by atoms with Crippen LogP contribution < -0.4 is 4.90 Å². The summed E-state index contributed by atoms with van der Waals surface area (Å²) in [5.74, 6) is 0. The normalized spacial score (nSPS) is 13.2. The second kappa shape index (κ2) is 4.39. The van der Waals surface area contributed by atoms with Crippen LogP contribution in [0.5, 0.6) is 0 Å². The molecule has 1 aliphatic heterocycles. The third-order valence-electron chi connectivity index (χ3n) is 2.99. The molecule has 2 aromatic carbocycles. The van der Waals surface area contributed by atoms with Crippen molar-refractivity contribution in [2.24, 2.45) is 0 Å². The molecule has 3 rings (SSSR count). The first-order chi connectivity index (χ1) is 8.29. The van der Waals surface area contributed by atoms with Crippen LogP contribution in [0.15, 0.2) is 52.3 Å². The van der Waals surface area contributed by atoms with Crippen molar-refractivity contribution >= 4 is 39.1 Å². The van der Waals surface area contributed by atoms with E-state index in [1.165, 1.54) is 26.7 Å². The third kappa shape index (κ3) is 1.87. The molecule has 0 amide bonds. The zero-order valence-electron chi connectivity index (χ0n) is 9.48. The number of halogens is 1. The molecule has 1 nitrogen and oxygen atoms in total. The zero-order chi connectivity index (χ0) is 11.8. The van der Waals surface area contributed by atoms with Gasteiger partial charge in [0.05, 0.1) is 11.4 Å². The predicted octanol–water partition coefficient (Wildman–Crippen LogP) is 4.81. The Morgan fingerprint density at radius 1 is 1.06 bits per heavy atom. The van der Waals surface area contributed by atoms with Crippen LogP contribution in [-0.4, -0.2) is 7.05 Å². The number of hydrogen-bond acceptors (Lipinski definition) is 2. The molecule has 3 heteroatoms. The highest BCUT2D eigenvalue weighted by Crippen LogP contribution is 2.47. The summed E-state index contributed by atoms with van der Waals surface area (Å²) in [6, 6.07) is 15.2. The van der Waals surface area contributed by atoms with Crippen molar-refractivity contribution in [3.8, 4) is 0 Å². The highest BCUT2D eigenvalue weighted by molar-refractivity contribution is 9.08. The molecule has 0 aliphatic carbocycles. The van der Waals surface area contributed by atoms with E-state index in [0.717, 1.165) is 5.33 Å². The van der Waals surface area contributed by atoms with E-state index in [0.29, 0.717) is 0 Å². The van der Waals surface area contributed by atoms with Crippen molar-refractivity contribution < 1.29 is 0 Å². The monoisotopic (exact) mass is 305 g/mol. The van der Waals surface area contributed by atoms with Crippen LogP contribution >= 0.6 is 27.7 Å². The van der Waals surface area contributed by atoms with E-state index in [1.807, 2.05) is 11.8 Å². The lowest BCUT2D eigenvalue weighted by atomic mass is 10.2. The van der Waals surface area contributed by atoms with Gasteiger partial charge in [-0.1, -0.05) is 45.9 Å². The topological polar surface area (TPSA) is 3.24 Å². The maximum atomic E-state index is 3.51. The molecular weight excluding hydrogens is 294 g/mol. The van der Waals surface area contributed by atoms with Crippen LogP contribution in [0.4, 0.5) is 11.4 Å². The van der Waals surface area contributed by atoms with Crippen molar-refractivity contribution in [2.45, 2.75) is 15.1 Å². The Kier molecular flexibility index (Phi) is 2.89. The summed E-state index contributed by atoms with van der Waals surface area (Å²) in [5, 5.41) is 0.903. The van der Waals surface area contributed by atoms with Gasteiger partial charge >= 0.3 is 0 Å². The number of para-hydroxylation sites is 1. The summed E-state index contributed by atoms with van der Waals surface area (Å²) in [5.41, 5.74) is 3.90. The summed E-state index contributed by atoms with van der Waals surface area (Å²) in [4.78, 5) is 4.93. The van der Waals surface area contributed by atoms with Crippen molar-refractivity contribution in [1.29, 1.82) is 0 Å². The minimum atomic E-state index is 0.903. The first-order valence-corrected chi connectivity index (χ1v) is 7.43. The molecule has 1 heterocycles. The minimum Gasteiger partial charge on any atom is -0.343 e. The van der Waals surface area contributed by atoms with Gasteiger partial charge in [0.25, 0.3) is 0 Å². The van der Waals surface area contributed by atoms with Gasteiger partial charge in [0.2, 0.25) is 0 Å². The van der Waals surface area contributed by atoms with E-state index >= 15 is 0 Å². The zero-order valence-corrected chi connectivity index (χ0v) is 11.9. The molecule has 0 bridgehead atoms. The molecule has 0 atom stereocenters. The Balaban J connectivity index is 2.13. The largest absolute Gasteiger partial charge is 0.343 e. The number of rotatable bonds is 1. The smallest absolute Gasteiger partial charge is 0.0553 e. The summed E-state index contributed by atoms with van der Waals surface area (Å²) in [6.07, 6.45) is 0. The van der Waals surface area contributed by atoms with Crippen molar-refractivity contribution in [1.82, 2.24) is 0 Å². The number of hydrogen-bond donors (Lipinski definition) is 0. The van der Waals surface area contributed by atoms with E-state index in [4.69, 9.17) is 0 Å². The summed E-state index contributed by atoms with van der Waals surface area (Å²) in [6.45, 7) is 0. The molecule has 1 aliphatic rings. The molecule has 0 radical (unpaired) electrons. The molecule has 86 valence electrons. The van der Waals surface area contributed by atoms with E-state index < -0.39 is 0 Å². The van der Waals surface area contributed by atoms with Gasteiger partial charge in [-0.15, -0.1) is 0 Å². The molecule has 0 saturated heterocycles. The maximum Gasteiger partial charge on any atom is 0.0553 e. The maximum absolute atomic E-state index is 3.51. The average Bonchev–Trinajstić information content (AvgIpc) is 2.39. The SMILES string of the molecule is CN1c2ccccc2Sc2ccc(CBr)cc21. The lowest BCUT2D eigenvalue weighted by Gasteiger charge is -2.29. The van der Waals surface area contributed by atoms with Gasteiger partial charge in [-0.25, -0.2) is 0 Å². The number of fused-ring (bicyclic) bond motifs is 2. The molecule has 0 saturated carbocycles. The van der Waals surface area contributed by atoms with Gasteiger partial charge in [-0.05, 0) is 29.8 Å². The fourth-order valence-corrected chi connectivity index (χ4v) is 3.54. The summed E-state index contributed by atoms with van der Waals surface area (Å²) < 4.78 is 0. The first-order valence-electron chi connectivity index (χ1n) is 5.49. The van der Waals surface area contributed by atoms with Gasteiger partial charge in [-0.3, -0.25) is 0 Å². The quantitative estimate of drug-likeness (QED) is 0.695. The van der Waals surface area contributed by atoms with E-state index in [9.17, 15) is 0 Å². The van der Waals surface area contributed by atoms with Gasteiger partial charge in [-0.2, -0.15) is 0 Å². The first kappa shape index (κ1) is 11.2. The Morgan fingerprint density at radius 2 is 1.82 bits per heavy atom. The standard InChI is InChI=1S/C14H12BrNS/c1-16-11-4-2-3-5-13(11)17-14-7-6-10(9-15)8-12(14)16/h2-8H,9H2,1H3. The van der Waals surface area contributed by atoms with E-state index in [1.54, 1.807) is 0 Å². The Bertz CT molecular complexity index is 568. The summed E-state index contributed by atoms with van der Waals surface area (Å²) in [7, 11) is 2.13. The fourth-order valence-electron chi connectivity index (χ4n) is 2.06. The molecule has 0 spiro atoms. The Labute approximate surface area is 114 Å². The number of benzene rings is 2. The Hall–Kier alpha value is -0.930. The summed E-state index contributed by atoms with van der Waals surface area (Å²) >= 11 is 5.36. The van der Waals surface area contributed by atoms with Gasteiger partial charge in [0.15, 0.2) is 0 Å². The highest BCUT2D eigenvalue weighted by Gasteiger charge is 2.19. The van der Waals surface area contributed by atoms with Crippen molar-refractivity contribution in [3.63, 3.8) is 0 Å². The van der Waals surface area contributed by atoms with Crippen LogP contribution in [0.1, 0.15) is 5.56 Å². The van der Waals surface area contributed by atoms with Crippen LogP contribution in [0.3, 0.4) is 0 Å². The fraction of sp³-hybridized carbons (Fsp3) is 0.143.